The van der Waals surface area contributed by atoms with Crippen LogP contribution in [0.25, 0.3) is 0 Å². The van der Waals surface area contributed by atoms with Crippen molar-refractivity contribution in [2.24, 2.45) is 17.8 Å². The number of imide groups is 1. The first-order valence-corrected chi connectivity index (χ1v) is 15.4. The topological polar surface area (TPSA) is 127 Å². The number of hydrogen-bond acceptors (Lipinski definition) is 8. The van der Waals surface area contributed by atoms with E-state index in [2.05, 4.69) is 0 Å². The molecule has 4 atom stereocenters. The van der Waals surface area contributed by atoms with Crippen LogP contribution < -0.4 is 14.4 Å². The first-order valence-electron chi connectivity index (χ1n) is 15.4. The van der Waals surface area contributed by atoms with E-state index in [0.717, 1.165) is 0 Å². The molecule has 1 fully saturated rings. The summed E-state index contributed by atoms with van der Waals surface area (Å²) in [5, 5.41) is 11.3. The molecule has 0 unspecified atom stereocenters. The third-order valence-corrected chi connectivity index (χ3v) is 9.82. The second-order valence-electron chi connectivity index (χ2n) is 12.2. The van der Waals surface area contributed by atoms with Crippen LogP contribution in [0.3, 0.4) is 0 Å². The lowest BCUT2D eigenvalue weighted by atomic mass is 9.59. The van der Waals surface area contributed by atoms with Gasteiger partial charge in [0.15, 0.2) is 17.3 Å². The predicted octanol–water partition coefficient (Wildman–Crippen LogP) is 5.27. The molecule has 9 heteroatoms. The van der Waals surface area contributed by atoms with Gasteiger partial charge in [0.25, 0.3) is 0 Å². The number of benzene rings is 3. The molecule has 1 N–H and O–H groups in total. The Bertz CT molecular complexity index is 1990. The van der Waals surface area contributed by atoms with Crippen molar-refractivity contribution in [2.75, 3.05) is 19.1 Å². The minimum atomic E-state index is -0.883. The van der Waals surface area contributed by atoms with Crippen LogP contribution in [-0.4, -0.2) is 48.5 Å². The highest BCUT2D eigenvalue weighted by Crippen LogP contribution is 2.58. The van der Waals surface area contributed by atoms with E-state index in [9.17, 15) is 29.1 Å². The van der Waals surface area contributed by atoms with Crippen molar-refractivity contribution in [1.82, 2.24) is 0 Å². The summed E-state index contributed by atoms with van der Waals surface area (Å²) in [5.74, 6) is -4.13. The summed E-state index contributed by atoms with van der Waals surface area (Å²) in [7, 11) is 2.89. The van der Waals surface area contributed by atoms with E-state index >= 15 is 0 Å². The van der Waals surface area contributed by atoms with E-state index in [-0.39, 0.29) is 64.3 Å². The van der Waals surface area contributed by atoms with Crippen molar-refractivity contribution < 1.29 is 38.6 Å². The summed E-state index contributed by atoms with van der Waals surface area (Å²) in [6, 6.07) is 18.2. The first kappa shape index (κ1) is 30.1. The van der Waals surface area contributed by atoms with E-state index in [1.54, 1.807) is 61.5 Å². The number of rotatable bonds is 6. The second-order valence-corrected chi connectivity index (χ2v) is 12.2. The third kappa shape index (κ3) is 4.64. The number of hydrogen-bond donors (Lipinski definition) is 1. The molecule has 0 bridgehead atoms. The van der Waals surface area contributed by atoms with Crippen molar-refractivity contribution >= 4 is 34.9 Å². The number of amides is 2. The van der Waals surface area contributed by atoms with Crippen molar-refractivity contribution in [3.05, 3.63) is 118 Å². The van der Waals surface area contributed by atoms with Crippen molar-refractivity contribution in [1.29, 1.82) is 0 Å². The molecule has 1 saturated heterocycles. The molecule has 3 aromatic rings. The average Bonchev–Trinajstić information content (AvgIpc) is 3.35. The fraction of sp³-hybridized carbons (Fsp3) is 0.237. The van der Waals surface area contributed by atoms with Crippen LogP contribution in [0.15, 0.2) is 101 Å². The Morgan fingerprint density at radius 2 is 1.57 bits per heavy atom. The SMILES string of the molecule is COc1cc(O)c([C@H]2C3=CC[C@@H]4C(=O)N(c5ccc(C(=O)c6ccccc6)cc5)C(=O)[C@@H]4[C@@H]3CC3=C2C(=O)C=C(C)C3=O)c(OC)c1. The number of ketones is 3. The molecule has 1 aliphatic heterocycles. The average molecular weight is 630 g/mol. The van der Waals surface area contributed by atoms with Crippen LogP contribution in [0, 0.1) is 17.8 Å². The number of carbonyl (C=O) groups is 5. The summed E-state index contributed by atoms with van der Waals surface area (Å²) in [5.41, 5.74) is 3.09. The Morgan fingerprint density at radius 3 is 2.26 bits per heavy atom. The molecule has 7 rings (SSSR count). The summed E-state index contributed by atoms with van der Waals surface area (Å²) < 4.78 is 11.0. The summed E-state index contributed by atoms with van der Waals surface area (Å²) in [6.07, 6.45) is 3.53. The van der Waals surface area contributed by atoms with Crippen LogP contribution in [0.5, 0.6) is 17.2 Å². The van der Waals surface area contributed by atoms with Gasteiger partial charge in [0.1, 0.15) is 17.2 Å². The number of nitrogens with zero attached hydrogens (tertiary/aromatic N) is 1. The van der Waals surface area contributed by atoms with Crippen molar-refractivity contribution in [2.45, 2.75) is 25.7 Å². The Hall–Kier alpha value is -5.57. The summed E-state index contributed by atoms with van der Waals surface area (Å²) in [4.78, 5) is 69.5. The van der Waals surface area contributed by atoms with Gasteiger partial charge in [-0.25, -0.2) is 0 Å². The standard InChI is InChI=1S/C38H31NO8/c1-19-15-28(40)32-27(35(19)42)18-26-24(33(32)34-29(41)16-23(46-2)17-30(34)47-3)13-14-25-31(26)38(45)39(37(25)44)22-11-9-21(10-12-22)36(43)20-7-5-4-6-8-20/h4-13,15-17,25-26,31,33,41H,14,18H2,1-3H3/t25-,26+,31-,33-/m0/s1. The molecule has 47 heavy (non-hydrogen) atoms. The second kappa shape index (κ2) is 11.3. The Morgan fingerprint density at radius 1 is 0.872 bits per heavy atom. The third-order valence-electron chi connectivity index (χ3n) is 9.82. The monoisotopic (exact) mass is 629 g/mol. The molecule has 3 aromatic carbocycles. The Kier molecular flexibility index (Phi) is 7.27. The van der Waals surface area contributed by atoms with Crippen LogP contribution in [0.1, 0.15) is 47.2 Å². The van der Waals surface area contributed by atoms with Crippen LogP contribution in [0.4, 0.5) is 5.69 Å². The molecule has 9 nitrogen and oxygen atoms in total. The predicted molar refractivity (Wildman–Crippen MR) is 171 cm³/mol. The van der Waals surface area contributed by atoms with E-state index in [0.29, 0.717) is 33.7 Å². The number of phenols is 1. The number of aromatic hydroxyl groups is 1. The van der Waals surface area contributed by atoms with Gasteiger partial charge in [-0.15, -0.1) is 0 Å². The zero-order valence-electron chi connectivity index (χ0n) is 26.0. The minimum Gasteiger partial charge on any atom is -0.507 e. The number of allylic oxidation sites excluding steroid dienone is 6. The number of anilines is 1. The number of Topliss-reactive ketones (excluding diaryl/α,β-unsaturated/α-hetero) is 1. The van der Waals surface area contributed by atoms with Gasteiger partial charge in [0, 0.05) is 51.5 Å². The van der Waals surface area contributed by atoms with Gasteiger partial charge in [-0.05, 0) is 56.0 Å². The van der Waals surface area contributed by atoms with E-state index < -0.39 is 29.6 Å². The molecule has 0 spiro atoms. The van der Waals surface area contributed by atoms with E-state index in [1.807, 2.05) is 12.1 Å². The fourth-order valence-electron chi connectivity index (χ4n) is 7.65. The van der Waals surface area contributed by atoms with Gasteiger partial charge in [-0.2, -0.15) is 0 Å². The van der Waals surface area contributed by atoms with Crippen LogP contribution >= 0.6 is 0 Å². The highest BCUT2D eigenvalue weighted by Gasteiger charge is 2.57. The smallest absolute Gasteiger partial charge is 0.238 e. The molecule has 1 heterocycles. The van der Waals surface area contributed by atoms with Crippen molar-refractivity contribution in [3.63, 3.8) is 0 Å². The van der Waals surface area contributed by atoms with Gasteiger partial charge >= 0.3 is 0 Å². The molecule has 236 valence electrons. The highest BCUT2D eigenvalue weighted by molar-refractivity contribution is 6.25. The molecule has 3 aliphatic carbocycles. The number of fused-ring (bicyclic) bond motifs is 3. The summed E-state index contributed by atoms with van der Waals surface area (Å²) >= 11 is 0. The quantitative estimate of drug-likeness (QED) is 0.169. The Balaban J connectivity index is 1.29. The lowest BCUT2D eigenvalue weighted by Crippen LogP contribution is -2.40. The lowest BCUT2D eigenvalue weighted by molar-refractivity contribution is -0.123. The molecule has 0 radical (unpaired) electrons. The van der Waals surface area contributed by atoms with Gasteiger partial charge < -0.3 is 14.6 Å². The van der Waals surface area contributed by atoms with Crippen LogP contribution in [-0.2, 0) is 19.2 Å². The van der Waals surface area contributed by atoms with E-state index in [1.165, 1.54) is 31.3 Å². The maximum atomic E-state index is 14.3. The molecule has 4 aliphatic rings. The normalized spacial score (nSPS) is 23.5. The molecule has 0 saturated carbocycles. The molecular formula is C38H31NO8. The highest BCUT2D eigenvalue weighted by atomic mass is 16.5. The number of ether oxygens (including phenoxy) is 2. The van der Waals surface area contributed by atoms with Crippen LogP contribution in [0.2, 0.25) is 0 Å². The van der Waals surface area contributed by atoms with Gasteiger partial charge in [0.05, 0.1) is 31.7 Å². The Labute approximate surface area is 270 Å². The maximum Gasteiger partial charge on any atom is 0.238 e. The van der Waals surface area contributed by atoms with Gasteiger partial charge in [0.2, 0.25) is 11.8 Å². The fourth-order valence-corrected chi connectivity index (χ4v) is 7.65. The zero-order valence-corrected chi connectivity index (χ0v) is 26.0. The maximum absolute atomic E-state index is 14.3. The number of phenolic OH excluding ortho intramolecular Hbond substituents is 1. The van der Waals surface area contributed by atoms with E-state index in [4.69, 9.17) is 9.47 Å². The van der Waals surface area contributed by atoms with Gasteiger partial charge in [-0.1, -0.05) is 42.0 Å². The van der Waals surface area contributed by atoms with Gasteiger partial charge in [-0.3, -0.25) is 28.9 Å². The lowest BCUT2D eigenvalue weighted by Gasteiger charge is -2.42. The molecule has 0 aromatic heterocycles. The molecular weight excluding hydrogens is 598 g/mol. The minimum absolute atomic E-state index is 0.102. The molecule has 2 amide bonds. The zero-order chi connectivity index (χ0) is 33.1. The largest absolute Gasteiger partial charge is 0.507 e. The van der Waals surface area contributed by atoms with Crippen molar-refractivity contribution in [3.8, 4) is 17.2 Å². The first-order chi connectivity index (χ1) is 22.6. The summed E-state index contributed by atoms with van der Waals surface area (Å²) in [6.45, 7) is 1.58. The number of carbonyl (C=O) groups excluding carboxylic acids is 5. The number of methoxy groups -OCH3 is 2.